The van der Waals surface area contributed by atoms with E-state index in [1.165, 1.54) is 0 Å². The van der Waals surface area contributed by atoms with Crippen molar-refractivity contribution < 1.29 is 120 Å². The standard InChI is InChI=1S/2C11H10N4.2C9H6O6.Ni.8H2O/c2*1-2-4-10-9(3-1)13-11(14-10)7-15-6-5-12-8-15;2*10-7(11)4-1-5(8(12)13)3-6(2-4)9(14)15;;;;;;;;;/h2*1-6,8H,7H2,(H,13,14);2*1-3H,(H,10,11)(H,12,13)(H,14,15);;8*1H2/q;;;;+2;;;;;;;;/p-2. The first-order valence-corrected chi connectivity index (χ1v) is 17.1. The van der Waals surface area contributed by atoms with Crippen LogP contribution >= 0.6 is 0 Å². The quantitative estimate of drug-likeness (QED) is 0.0709. The number of carbonyl (C=O) groups is 6. The summed E-state index contributed by atoms with van der Waals surface area (Å²) in [5.41, 5.74) is 1.58. The number of aromatic carboxylic acids is 6. The van der Waals surface area contributed by atoms with Crippen molar-refractivity contribution in [3.05, 3.63) is 167 Å². The molecule has 4 aromatic carbocycles. The first-order chi connectivity index (χ1) is 28.7. The number of fused-ring (bicyclic) bond motifs is 2. The number of imidazole rings is 4. The van der Waals surface area contributed by atoms with Gasteiger partial charge < -0.3 is 103 Å². The maximum Gasteiger partial charge on any atom is 2.00 e. The maximum absolute atomic E-state index is 10.5. The van der Waals surface area contributed by atoms with Crippen LogP contribution in [0.1, 0.15) is 73.8 Å². The molecule has 0 atom stereocenters. The maximum atomic E-state index is 10.5. The van der Waals surface area contributed by atoms with Crippen LogP contribution in [0.15, 0.2) is 122 Å². The predicted molar refractivity (Wildman–Crippen MR) is 233 cm³/mol. The van der Waals surface area contributed by atoms with Gasteiger partial charge in [-0.3, -0.25) is 0 Å². The second-order valence-electron chi connectivity index (χ2n) is 12.3. The molecule has 0 radical (unpaired) electrons. The third-order valence-corrected chi connectivity index (χ3v) is 7.99. The van der Waals surface area contributed by atoms with E-state index in [1.54, 1.807) is 25.0 Å². The number of benzene rings is 4. The zero-order valence-corrected chi connectivity index (χ0v) is 36.0. The molecule has 0 amide bonds. The van der Waals surface area contributed by atoms with Gasteiger partial charge in [0.05, 0.1) is 82.0 Å². The molecule has 4 aromatic heterocycles. The van der Waals surface area contributed by atoms with Crippen LogP contribution in [0.3, 0.4) is 0 Å². The molecule has 0 aliphatic heterocycles. The molecule has 28 nitrogen and oxygen atoms in total. The monoisotopic (exact) mass is 1020 g/mol. The molecule has 4 heterocycles. The van der Waals surface area contributed by atoms with Gasteiger partial charge in [-0.2, -0.15) is 0 Å². The molecule has 8 rings (SSSR count). The number of hydrogen-bond acceptors (Lipinski definition) is 12. The number of hydrogen-bond donors (Lipinski definition) is 6. The summed E-state index contributed by atoms with van der Waals surface area (Å²) in [7, 11) is 0. The third-order valence-electron chi connectivity index (χ3n) is 7.99. The fraction of sp³-hybridized carbons (Fsp3) is 0.0500. The second kappa shape index (κ2) is 32.0. The zero-order chi connectivity index (χ0) is 43.3. The fourth-order valence-corrected chi connectivity index (χ4v) is 5.25. The number of carbonyl (C=O) groups excluding carboxylic acids is 2. The van der Waals surface area contributed by atoms with E-state index in [1.807, 2.05) is 70.1 Å². The Morgan fingerprint density at radius 1 is 0.464 bits per heavy atom. The molecular weight excluding hydrogens is 971 g/mol. The molecule has 0 spiro atoms. The minimum absolute atomic E-state index is 0. The number of rotatable bonds is 10. The second-order valence-corrected chi connectivity index (χ2v) is 12.3. The molecular formula is C40H46N8NiO20. The zero-order valence-electron chi connectivity index (χ0n) is 35.0. The molecule has 0 fully saturated rings. The molecule has 0 bridgehead atoms. The fourth-order valence-electron chi connectivity index (χ4n) is 5.25. The van der Waals surface area contributed by atoms with E-state index in [0.29, 0.717) is 0 Å². The normalized spacial score (nSPS) is 8.93. The van der Waals surface area contributed by atoms with Crippen molar-refractivity contribution >= 4 is 57.9 Å². The molecule has 0 aliphatic carbocycles. The van der Waals surface area contributed by atoms with Gasteiger partial charge in [-0.05, 0) is 71.8 Å². The number of para-hydroxylation sites is 4. The van der Waals surface area contributed by atoms with Gasteiger partial charge in [0.25, 0.3) is 0 Å². The summed E-state index contributed by atoms with van der Waals surface area (Å²) in [6, 6.07) is 21.1. The molecule has 29 heteroatoms. The summed E-state index contributed by atoms with van der Waals surface area (Å²) in [4.78, 5) is 86.6. The van der Waals surface area contributed by atoms with Gasteiger partial charge in [0.15, 0.2) is 0 Å². The van der Waals surface area contributed by atoms with E-state index < -0.39 is 69.2 Å². The van der Waals surface area contributed by atoms with Gasteiger partial charge >= 0.3 is 40.4 Å². The Kier molecular flexibility index (Phi) is 32.1. The molecule has 0 saturated carbocycles. The Balaban J connectivity index is -0.000000253. The smallest absolute Gasteiger partial charge is 0.545 e. The van der Waals surface area contributed by atoms with Crippen molar-refractivity contribution in [3.63, 3.8) is 0 Å². The third kappa shape index (κ3) is 19.7. The number of aromatic amines is 2. The Morgan fingerprint density at radius 3 is 0.971 bits per heavy atom. The summed E-state index contributed by atoms with van der Waals surface area (Å²) in [6.07, 6.45) is 11.0. The van der Waals surface area contributed by atoms with Crippen molar-refractivity contribution in [2.45, 2.75) is 13.1 Å². The van der Waals surface area contributed by atoms with E-state index in [9.17, 15) is 39.0 Å². The first-order valence-electron chi connectivity index (χ1n) is 17.1. The van der Waals surface area contributed by atoms with Crippen molar-refractivity contribution in [1.29, 1.82) is 0 Å². The average molecular weight is 1020 g/mol. The molecule has 0 saturated heterocycles. The molecule has 8 aromatic rings. The van der Waals surface area contributed by atoms with Crippen molar-refractivity contribution in [1.82, 2.24) is 39.0 Å². The van der Waals surface area contributed by atoms with Crippen molar-refractivity contribution in [2.75, 3.05) is 0 Å². The van der Waals surface area contributed by atoms with Gasteiger partial charge in [0.2, 0.25) is 0 Å². The summed E-state index contributed by atoms with van der Waals surface area (Å²) in [6.45, 7) is 1.46. The van der Waals surface area contributed by atoms with Crippen LogP contribution in [0.25, 0.3) is 22.1 Å². The van der Waals surface area contributed by atoms with E-state index in [2.05, 4.69) is 29.9 Å². The van der Waals surface area contributed by atoms with Crippen LogP contribution in [0.5, 0.6) is 0 Å². The van der Waals surface area contributed by atoms with Crippen molar-refractivity contribution in [2.24, 2.45) is 0 Å². The van der Waals surface area contributed by atoms with Crippen molar-refractivity contribution in [3.8, 4) is 0 Å². The van der Waals surface area contributed by atoms with Gasteiger partial charge in [-0.1, -0.05) is 24.3 Å². The predicted octanol–water partition coefficient (Wildman–Crippen LogP) is -4.09. The number of H-pyrrole nitrogens is 2. The minimum Gasteiger partial charge on any atom is -0.545 e. The van der Waals surface area contributed by atoms with Crippen LogP contribution in [0.4, 0.5) is 0 Å². The van der Waals surface area contributed by atoms with E-state index in [-0.39, 0.29) is 60.3 Å². The average Bonchev–Trinajstić information content (AvgIpc) is 4.07. The topological polar surface area (TPSA) is 574 Å². The minimum atomic E-state index is -1.62. The van der Waals surface area contributed by atoms with Crippen LogP contribution in [-0.4, -0.2) is 139 Å². The Labute approximate surface area is 396 Å². The van der Waals surface area contributed by atoms with Gasteiger partial charge in [-0.15, -0.1) is 0 Å². The van der Waals surface area contributed by atoms with E-state index >= 15 is 0 Å². The largest absolute Gasteiger partial charge is 2.00 e. The van der Waals surface area contributed by atoms with Gasteiger partial charge in [0.1, 0.15) is 11.6 Å². The SMILES string of the molecule is O.O.O.O.O.O.O.O.O=C([O-])c1cc(C(=O)O)cc(C(=O)O)c1.O=C([O-])c1cc(C(=O)O)cc(C(=O)O)c1.[Ni+2].c1ccc2[nH]c(Cn3ccnc3)nc2c1.c1ccc2[nH]c(Cn3ccnc3)nc2c1. The summed E-state index contributed by atoms with van der Waals surface area (Å²) in [5.74, 6) is -6.95. The summed E-state index contributed by atoms with van der Waals surface area (Å²) < 4.78 is 3.97. The Bertz CT molecular complexity index is 2420. The molecule has 0 aliphatic rings. The number of carboxylic acids is 6. The van der Waals surface area contributed by atoms with Crippen LogP contribution in [-0.2, 0) is 29.6 Å². The van der Waals surface area contributed by atoms with Crippen LogP contribution < -0.4 is 10.2 Å². The van der Waals surface area contributed by atoms with Gasteiger partial charge in [-0.25, -0.2) is 39.1 Å². The molecule has 376 valence electrons. The number of nitrogens with one attached hydrogen (secondary N) is 2. The number of carboxylic acid groups (broad SMARTS) is 6. The summed E-state index contributed by atoms with van der Waals surface area (Å²) >= 11 is 0. The van der Waals surface area contributed by atoms with Crippen LogP contribution in [0, 0.1) is 0 Å². The Hall–Kier alpha value is -8.77. The molecule has 0 unspecified atom stereocenters. The number of nitrogens with zero attached hydrogens (tertiary/aromatic N) is 6. The number of aromatic nitrogens is 8. The first kappa shape index (κ1) is 69.3. The molecule has 69 heavy (non-hydrogen) atoms. The van der Waals surface area contributed by atoms with E-state index in [4.69, 9.17) is 20.4 Å². The molecule has 22 N–H and O–H groups in total. The Morgan fingerprint density at radius 2 is 0.739 bits per heavy atom. The van der Waals surface area contributed by atoms with Gasteiger partial charge in [0, 0.05) is 24.8 Å². The summed E-state index contributed by atoms with van der Waals surface area (Å²) in [5, 5.41) is 55.3. The van der Waals surface area contributed by atoms with E-state index in [0.717, 1.165) is 83.2 Å². The van der Waals surface area contributed by atoms with Crippen LogP contribution in [0.2, 0.25) is 0 Å².